The van der Waals surface area contributed by atoms with Gasteiger partial charge in [0.15, 0.2) is 11.5 Å². The Morgan fingerprint density at radius 1 is 1.00 bits per heavy atom. The van der Waals surface area contributed by atoms with Gasteiger partial charge in [0.1, 0.15) is 5.75 Å². The summed E-state index contributed by atoms with van der Waals surface area (Å²) < 4.78 is 16.5. The summed E-state index contributed by atoms with van der Waals surface area (Å²) in [6.07, 6.45) is 3.42. The fourth-order valence-corrected chi connectivity index (χ4v) is 2.25. The number of hydrazone groups is 1. The molecule has 1 amide bonds. The van der Waals surface area contributed by atoms with Crippen molar-refractivity contribution in [2.24, 2.45) is 5.10 Å². The summed E-state index contributed by atoms with van der Waals surface area (Å²) in [5.74, 6) is 1.77. The molecule has 2 aromatic rings. The van der Waals surface area contributed by atoms with Crippen LogP contribution < -0.4 is 19.6 Å². The average Bonchev–Trinajstić information content (AvgIpc) is 2.71. The smallest absolute Gasteiger partial charge is 0.271 e. The summed E-state index contributed by atoms with van der Waals surface area (Å²) in [6, 6.07) is 12.4. The topological polar surface area (TPSA) is 69.2 Å². The number of carbonyl (C=O) groups is 1. The largest absolute Gasteiger partial charge is 0.494 e. The minimum atomic E-state index is -0.289. The summed E-state index contributed by atoms with van der Waals surface area (Å²) in [7, 11) is 1.59. The third-order valence-corrected chi connectivity index (χ3v) is 3.62. The van der Waals surface area contributed by atoms with Gasteiger partial charge >= 0.3 is 0 Å². The number of nitrogens with one attached hydrogen (secondary N) is 1. The number of amides is 1. The van der Waals surface area contributed by atoms with Crippen molar-refractivity contribution in [1.82, 2.24) is 5.43 Å². The Hall–Kier alpha value is -3.02. The molecule has 0 bridgehead atoms. The average molecular weight is 370 g/mol. The third kappa shape index (κ3) is 6.33. The van der Waals surface area contributed by atoms with Crippen LogP contribution in [0.2, 0.25) is 0 Å². The first-order valence-electron chi connectivity index (χ1n) is 9.05. The van der Waals surface area contributed by atoms with Crippen LogP contribution in [0.5, 0.6) is 17.2 Å². The molecule has 27 heavy (non-hydrogen) atoms. The molecular formula is C21H26N2O4. The first kappa shape index (κ1) is 20.3. The lowest BCUT2D eigenvalue weighted by atomic mass is 10.2. The fraction of sp³-hybridized carbons (Fsp3) is 0.333. The van der Waals surface area contributed by atoms with Crippen LogP contribution in [0.4, 0.5) is 0 Å². The molecule has 0 heterocycles. The number of ether oxygens (including phenoxy) is 3. The van der Waals surface area contributed by atoms with Gasteiger partial charge in [0.2, 0.25) is 0 Å². The van der Waals surface area contributed by atoms with E-state index in [0.717, 1.165) is 24.2 Å². The lowest BCUT2D eigenvalue weighted by molar-refractivity contribution is 0.0955. The number of hydrogen-bond donors (Lipinski definition) is 1. The van der Waals surface area contributed by atoms with Crippen molar-refractivity contribution in [2.45, 2.75) is 26.7 Å². The molecule has 6 nitrogen and oxygen atoms in total. The van der Waals surface area contributed by atoms with E-state index in [2.05, 4.69) is 10.5 Å². The Morgan fingerprint density at radius 2 is 1.70 bits per heavy atom. The molecule has 0 aliphatic rings. The van der Waals surface area contributed by atoms with Crippen molar-refractivity contribution >= 4 is 12.1 Å². The van der Waals surface area contributed by atoms with Gasteiger partial charge in [-0.2, -0.15) is 5.10 Å². The molecule has 1 N–H and O–H groups in total. The molecule has 0 saturated heterocycles. The second-order valence-electron chi connectivity index (χ2n) is 5.83. The van der Waals surface area contributed by atoms with Gasteiger partial charge < -0.3 is 14.2 Å². The predicted molar refractivity (Wildman–Crippen MR) is 106 cm³/mol. The molecule has 0 atom stereocenters. The Bertz CT molecular complexity index is 757. The minimum Gasteiger partial charge on any atom is -0.494 e. The SMILES string of the molecule is CCCOc1ccc(C(=O)N/N=C/c2ccc(OCCC)c(OC)c2)cc1. The van der Waals surface area contributed by atoms with E-state index in [1.54, 1.807) is 43.7 Å². The highest BCUT2D eigenvalue weighted by atomic mass is 16.5. The van der Waals surface area contributed by atoms with Crippen molar-refractivity contribution in [3.63, 3.8) is 0 Å². The zero-order valence-corrected chi connectivity index (χ0v) is 16.0. The van der Waals surface area contributed by atoms with Gasteiger partial charge in [-0.3, -0.25) is 4.79 Å². The molecule has 0 aliphatic heterocycles. The van der Waals surface area contributed by atoms with Crippen molar-refractivity contribution < 1.29 is 19.0 Å². The monoisotopic (exact) mass is 370 g/mol. The summed E-state index contributed by atoms with van der Waals surface area (Å²) in [5.41, 5.74) is 3.82. The van der Waals surface area contributed by atoms with E-state index < -0.39 is 0 Å². The van der Waals surface area contributed by atoms with E-state index in [4.69, 9.17) is 14.2 Å². The van der Waals surface area contributed by atoms with E-state index in [1.165, 1.54) is 0 Å². The van der Waals surface area contributed by atoms with Crippen LogP contribution in [0.3, 0.4) is 0 Å². The maximum atomic E-state index is 12.1. The summed E-state index contributed by atoms with van der Waals surface area (Å²) in [5, 5.41) is 4.01. The number of nitrogens with zero attached hydrogens (tertiary/aromatic N) is 1. The molecule has 0 radical (unpaired) electrons. The molecule has 0 fully saturated rings. The molecule has 0 aliphatic carbocycles. The van der Waals surface area contributed by atoms with Crippen LogP contribution >= 0.6 is 0 Å². The maximum absolute atomic E-state index is 12.1. The summed E-state index contributed by atoms with van der Waals surface area (Å²) in [4.78, 5) is 12.1. The quantitative estimate of drug-likeness (QED) is 0.506. The van der Waals surface area contributed by atoms with Crippen LogP contribution in [0.15, 0.2) is 47.6 Å². The van der Waals surface area contributed by atoms with Crippen molar-refractivity contribution in [2.75, 3.05) is 20.3 Å². The molecule has 2 rings (SSSR count). The second kappa shape index (κ2) is 10.9. The fourth-order valence-electron chi connectivity index (χ4n) is 2.25. The zero-order chi connectivity index (χ0) is 19.5. The molecule has 2 aromatic carbocycles. The Kier molecular flexibility index (Phi) is 8.16. The van der Waals surface area contributed by atoms with E-state index in [-0.39, 0.29) is 5.91 Å². The number of benzene rings is 2. The lowest BCUT2D eigenvalue weighted by Gasteiger charge is -2.10. The number of rotatable bonds is 10. The Labute approximate surface area is 160 Å². The molecule has 144 valence electrons. The zero-order valence-electron chi connectivity index (χ0n) is 16.0. The molecular weight excluding hydrogens is 344 g/mol. The standard InChI is InChI=1S/C21H26N2O4/c1-4-12-26-18-9-7-17(8-10-18)21(24)23-22-15-16-6-11-19(27-13-5-2)20(14-16)25-3/h6-11,14-15H,4-5,12-13H2,1-3H3,(H,23,24)/b22-15+. The van der Waals surface area contributed by atoms with Gasteiger partial charge in [0, 0.05) is 5.56 Å². The normalized spacial score (nSPS) is 10.6. The van der Waals surface area contributed by atoms with Gasteiger partial charge in [0.05, 0.1) is 26.5 Å². The van der Waals surface area contributed by atoms with E-state index in [0.29, 0.717) is 30.3 Å². The third-order valence-electron chi connectivity index (χ3n) is 3.62. The van der Waals surface area contributed by atoms with Crippen molar-refractivity contribution in [3.8, 4) is 17.2 Å². The first-order valence-corrected chi connectivity index (χ1v) is 9.05. The van der Waals surface area contributed by atoms with E-state index >= 15 is 0 Å². The van der Waals surface area contributed by atoms with Crippen LogP contribution in [0, 0.1) is 0 Å². The number of hydrogen-bond acceptors (Lipinski definition) is 5. The number of carbonyl (C=O) groups excluding carboxylic acids is 1. The van der Waals surface area contributed by atoms with Crippen molar-refractivity contribution in [3.05, 3.63) is 53.6 Å². The molecule has 0 spiro atoms. The Balaban J connectivity index is 1.95. The lowest BCUT2D eigenvalue weighted by Crippen LogP contribution is -2.17. The van der Waals surface area contributed by atoms with Gasteiger partial charge in [0.25, 0.3) is 5.91 Å². The van der Waals surface area contributed by atoms with Crippen LogP contribution in [-0.2, 0) is 0 Å². The highest BCUT2D eigenvalue weighted by Gasteiger charge is 2.06. The van der Waals surface area contributed by atoms with Crippen molar-refractivity contribution in [1.29, 1.82) is 0 Å². The minimum absolute atomic E-state index is 0.289. The summed E-state index contributed by atoms with van der Waals surface area (Å²) in [6.45, 7) is 5.37. The van der Waals surface area contributed by atoms with Gasteiger partial charge in [-0.25, -0.2) is 5.43 Å². The molecule has 0 aromatic heterocycles. The first-order chi connectivity index (χ1) is 13.2. The Morgan fingerprint density at radius 3 is 2.37 bits per heavy atom. The van der Waals surface area contributed by atoms with E-state index in [1.807, 2.05) is 26.0 Å². The van der Waals surface area contributed by atoms with Gasteiger partial charge in [-0.1, -0.05) is 13.8 Å². The predicted octanol–water partition coefficient (Wildman–Crippen LogP) is 4.04. The maximum Gasteiger partial charge on any atom is 0.271 e. The summed E-state index contributed by atoms with van der Waals surface area (Å²) >= 11 is 0. The highest BCUT2D eigenvalue weighted by molar-refractivity contribution is 5.95. The molecule has 0 saturated carbocycles. The molecule has 6 heteroatoms. The van der Waals surface area contributed by atoms with Crippen LogP contribution in [-0.4, -0.2) is 32.4 Å². The van der Waals surface area contributed by atoms with Crippen LogP contribution in [0.25, 0.3) is 0 Å². The van der Waals surface area contributed by atoms with Crippen LogP contribution in [0.1, 0.15) is 42.6 Å². The van der Waals surface area contributed by atoms with E-state index in [9.17, 15) is 4.79 Å². The highest BCUT2D eigenvalue weighted by Crippen LogP contribution is 2.27. The van der Waals surface area contributed by atoms with Gasteiger partial charge in [-0.05, 0) is 60.9 Å². The second-order valence-corrected chi connectivity index (χ2v) is 5.83. The van der Waals surface area contributed by atoms with Gasteiger partial charge in [-0.15, -0.1) is 0 Å². The number of methoxy groups -OCH3 is 1. The molecule has 0 unspecified atom stereocenters.